The lowest BCUT2D eigenvalue weighted by Crippen LogP contribution is -2.52. The number of ketones is 1. The van der Waals surface area contributed by atoms with Crippen LogP contribution in [-0.4, -0.2) is 116 Å². The number of ether oxygens (including phenoxy) is 1. The first-order chi connectivity index (χ1) is 32.2. The topological polar surface area (TPSA) is 186 Å². The standard InChI is InChI=1S/C48H51F3N8O7S/c1-66-41-23-31(4-7-35(41)47(62)54-40-10-11-42(60)55-48(40)63)30-14-17-57(18-15-30)26-28-12-19-58(20-13-28)34-5-2-29(3-6-34)32-22-36-37(25-53-46(36)52-24-32)45(61)43-38(50)8-9-39(44(43)51)56-67(64,65)59-21-16-33(49)27-59/h2-9,22-25,28,30,33,40,56H,10-21,26-27H2,1H3,(H,52,53)(H,54,62)(H,55,60,63)/t33-,40?/m1/s1. The van der Waals surface area contributed by atoms with Gasteiger partial charge in [0.1, 0.15) is 29.4 Å². The Morgan fingerprint density at radius 2 is 1.64 bits per heavy atom. The van der Waals surface area contributed by atoms with E-state index in [9.17, 15) is 32.0 Å². The third kappa shape index (κ3) is 9.76. The van der Waals surface area contributed by atoms with Gasteiger partial charge >= 0.3 is 10.2 Å². The van der Waals surface area contributed by atoms with Crippen LogP contribution in [0.4, 0.5) is 24.5 Å². The van der Waals surface area contributed by atoms with Crippen LogP contribution in [0.25, 0.3) is 22.2 Å². The summed E-state index contributed by atoms with van der Waals surface area (Å²) in [5.41, 5.74) is 2.77. The zero-order valence-corrected chi connectivity index (χ0v) is 37.6. The molecule has 9 rings (SSSR count). The molecule has 352 valence electrons. The number of aromatic nitrogens is 2. The fraction of sp³-hybridized carbons (Fsp3) is 0.396. The lowest BCUT2D eigenvalue weighted by Gasteiger charge is -2.38. The number of imide groups is 1. The van der Waals surface area contributed by atoms with Crippen LogP contribution in [0, 0.1) is 17.6 Å². The highest BCUT2D eigenvalue weighted by molar-refractivity contribution is 7.90. The summed E-state index contributed by atoms with van der Waals surface area (Å²) >= 11 is 0. The van der Waals surface area contributed by atoms with Crippen LogP contribution in [0.2, 0.25) is 0 Å². The molecule has 0 aliphatic carbocycles. The summed E-state index contributed by atoms with van der Waals surface area (Å²) in [6.45, 7) is 4.32. The molecule has 15 nitrogen and oxygen atoms in total. The molecule has 0 bridgehead atoms. The van der Waals surface area contributed by atoms with Crippen molar-refractivity contribution < 1.29 is 45.5 Å². The second kappa shape index (κ2) is 19.1. The summed E-state index contributed by atoms with van der Waals surface area (Å²) < 4.78 is 78.7. The predicted molar refractivity (Wildman–Crippen MR) is 245 cm³/mol. The second-order valence-electron chi connectivity index (χ2n) is 17.8. The predicted octanol–water partition coefficient (Wildman–Crippen LogP) is 6.08. The first-order valence-electron chi connectivity index (χ1n) is 22.6. The van der Waals surface area contributed by atoms with Gasteiger partial charge < -0.3 is 24.8 Å². The second-order valence-corrected chi connectivity index (χ2v) is 19.4. The lowest BCUT2D eigenvalue weighted by atomic mass is 9.87. The molecule has 67 heavy (non-hydrogen) atoms. The number of fused-ring (bicyclic) bond motifs is 1. The highest BCUT2D eigenvalue weighted by Crippen LogP contribution is 2.35. The van der Waals surface area contributed by atoms with Gasteiger partial charge in [0.05, 0.1) is 23.9 Å². The van der Waals surface area contributed by atoms with Gasteiger partial charge in [0, 0.05) is 73.7 Å². The number of hydrogen-bond acceptors (Lipinski definition) is 10. The Morgan fingerprint density at radius 3 is 2.34 bits per heavy atom. The highest BCUT2D eigenvalue weighted by Gasteiger charge is 2.34. The Bertz CT molecular complexity index is 2830. The molecule has 0 spiro atoms. The van der Waals surface area contributed by atoms with E-state index in [1.54, 1.807) is 18.3 Å². The largest absolute Gasteiger partial charge is 0.496 e. The van der Waals surface area contributed by atoms with Gasteiger partial charge in [0.2, 0.25) is 17.6 Å². The van der Waals surface area contributed by atoms with Gasteiger partial charge in [-0.15, -0.1) is 0 Å². The summed E-state index contributed by atoms with van der Waals surface area (Å²) in [5.74, 6) is -3.47. The number of benzene rings is 3. The molecule has 0 radical (unpaired) electrons. The molecule has 4 aliphatic rings. The number of piperidine rings is 3. The maximum atomic E-state index is 15.8. The van der Waals surface area contributed by atoms with Crippen molar-refractivity contribution in [1.82, 2.24) is 29.8 Å². The number of H-pyrrole nitrogens is 1. The number of likely N-dealkylation sites (tertiary alicyclic amines) is 1. The van der Waals surface area contributed by atoms with E-state index in [2.05, 4.69) is 30.4 Å². The molecule has 4 aliphatic heterocycles. The van der Waals surface area contributed by atoms with Crippen LogP contribution in [0.3, 0.4) is 0 Å². The molecule has 6 heterocycles. The van der Waals surface area contributed by atoms with Gasteiger partial charge in [-0.1, -0.05) is 18.2 Å². The van der Waals surface area contributed by atoms with Crippen LogP contribution >= 0.6 is 0 Å². The third-order valence-electron chi connectivity index (χ3n) is 13.5. The number of anilines is 2. The van der Waals surface area contributed by atoms with Gasteiger partial charge in [-0.25, -0.2) is 18.2 Å². The molecule has 4 saturated heterocycles. The number of alkyl halides is 1. The fourth-order valence-corrected chi connectivity index (χ4v) is 11.0. The van der Waals surface area contributed by atoms with Gasteiger partial charge in [0.15, 0.2) is 5.82 Å². The summed E-state index contributed by atoms with van der Waals surface area (Å²) in [6, 6.07) is 16.3. The molecular weight excluding hydrogens is 890 g/mol. The Labute approximate surface area is 385 Å². The molecule has 2 aromatic heterocycles. The van der Waals surface area contributed by atoms with Crippen LogP contribution in [-0.2, 0) is 19.8 Å². The Balaban J connectivity index is 0.778. The van der Waals surface area contributed by atoms with Crippen molar-refractivity contribution in [3.05, 3.63) is 107 Å². The average molecular weight is 941 g/mol. The molecule has 19 heteroatoms. The number of carbonyl (C=O) groups excluding carboxylic acids is 4. The van der Waals surface area contributed by atoms with Crippen molar-refractivity contribution in [2.24, 2.45) is 5.92 Å². The van der Waals surface area contributed by atoms with Gasteiger partial charge in [-0.2, -0.15) is 12.7 Å². The Kier molecular flexibility index (Phi) is 13.1. The maximum absolute atomic E-state index is 15.8. The van der Waals surface area contributed by atoms with Crippen molar-refractivity contribution in [2.45, 2.75) is 63.1 Å². The minimum Gasteiger partial charge on any atom is -0.496 e. The number of rotatable bonds is 13. The molecule has 2 atom stereocenters. The number of pyridine rings is 1. The van der Waals surface area contributed by atoms with Gasteiger partial charge in [0.25, 0.3) is 5.91 Å². The number of hydrogen-bond donors (Lipinski definition) is 4. The van der Waals surface area contributed by atoms with E-state index in [1.165, 1.54) is 13.3 Å². The SMILES string of the molecule is COc1cc(C2CCN(CC3CCN(c4ccc(-c5cnc6[nH]cc(C(=O)c7c(F)ccc(NS(=O)(=O)N8CC[C@@H](F)C8)c7F)c6c5)cc4)CC3)CC2)ccc1C(=O)NC1CCC(=O)NC1=O. The van der Waals surface area contributed by atoms with Crippen LogP contribution in [0.15, 0.2) is 73.1 Å². The molecule has 4 N–H and O–H groups in total. The number of amides is 3. The van der Waals surface area contributed by atoms with E-state index >= 15 is 8.78 Å². The number of nitrogens with one attached hydrogen (secondary N) is 4. The average Bonchev–Trinajstić information content (AvgIpc) is 3.98. The van der Waals surface area contributed by atoms with Crippen molar-refractivity contribution in [3.63, 3.8) is 0 Å². The van der Waals surface area contributed by atoms with Crippen LogP contribution in [0.1, 0.15) is 82.7 Å². The van der Waals surface area contributed by atoms with Crippen molar-refractivity contribution in [2.75, 3.05) is 62.5 Å². The van der Waals surface area contributed by atoms with Crippen molar-refractivity contribution >= 4 is 56.1 Å². The van der Waals surface area contributed by atoms with Crippen molar-refractivity contribution in [1.29, 1.82) is 0 Å². The number of aromatic amines is 1. The molecule has 5 aromatic rings. The monoisotopic (exact) mass is 940 g/mol. The summed E-state index contributed by atoms with van der Waals surface area (Å²) in [7, 11) is -2.83. The van der Waals surface area contributed by atoms with Crippen LogP contribution < -0.4 is 25.0 Å². The Hall–Kier alpha value is -6.31. The van der Waals surface area contributed by atoms with E-state index < -0.39 is 62.9 Å². The highest BCUT2D eigenvalue weighted by atomic mass is 32.2. The number of carbonyl (C=O) groups is 4. The quantitative estimate of drug-likeness (QED) is 0.0797. The smallest absolute Gasteiger partial charge is 0.301 e. The molecule has 4 fully saturated rings. The summed E-state index contributed by atoms with van der Waals surface area (Å²) in [4.78, 5) is 62.8. The first-order valence-corrected chi connectivity index (χ1v) is 24.0. The van der Waals surface area contributed by atoms with Gasteiger partial charge in [-0.05, 0) is 117 Å². The Morgan fingerprint density at radius 1 is 0.881 bits per heavy atom. The first kappa shape index (κ1) is 45.8. The fourth-order valence-electron chi connectivity index (χ4n) is 9.70. The normalized spacial score (nSPS) is 20.3. The number of methoxy groups -OCH3 is 1. The van der Waals surface area contributed by atoms with E-state index in [0.717, 1.165) is 91.7 Å². The number of halogens is 3. The summed E-state index contributed by atoms with van der Waals surface area (Å²) in [6.07, 6.45) is 6.13. The molecule has 3 aromatic carbocycles. The zero-order valence-electron chi connectivity index (χ0n) is 36.8. The molecule has 1 unspecified atom stereocenters. The van der Waals surface area contributed by atoms with E-state index in [-0.39, 0.29) is 43.8 Å². The van der Waals surface area contributed by atoms with E-state index in [4.69, 9.17) is 4.74 Å². The lowest BCUT2D eigenvalue weighted by molar-refractivity contribution is -0.134. The summed E-state index contributed by atoms with van der Waals surface area (Å²) in [5, 5.41) is 5.33. The minimum absolute atomic E-state index is 0.00202. The third-order valence-corrected chi connectivity index (χ3v) is 15.0. The van der Waals surface area contributed by atoms with E-state index in [0.29, 0.717) is 39.7 Å². The number of nitrogens with zero attached hydrogens (tertiary/aromatic N) is 4. The molecular formula is C48H51F3N8O7S. The van der Waals surface area contributed by atoms with Gasteiger partial charge in [-0.3, -0.25) is 29.2 Å². The van der Waals surface area contributed by atoms with Crippen molar-refractivity contribution in [3.8, 4) is 16.9 Å². The van der Waals surface area contributed by atoms with E-state index in [1.807, 2.05) is 41.1 Å². The molecule has 0 saturated carbocycles. The van der Waals surface area contributed by atoms with Crippen LogP contribution in [0.5, 0.6) is 5.75 Å². The molecule has 3 amide bonds. The maximum Gasteiger partial charge on any atom is 0.301 e. The minimum atomic E-state index is -4.36. The zero-order chi connectivity index (χ0) is 47.0.